The Kier molecular flexibility index (Phi) is 4.40. The zero-order chi connectivity index (χ0) is 12.3. The van der Waals surface area contributed by atoms with Gasteiger partial charge in [-0.1, -0.05) is 0 Å². The molecule has 0 atom stereocenters. The molecule has 2 aliphatic heterocycles. The van der Waals surface area contributed by atoms with Gasteiger partial charge in [-0.25, -0.2) is 0 Å². The minimum atomic E-state index is -0.136. The normalized spacial score (nSPS) is 26.0. The summed E-state index contributed by atoms with van der Waals surface area (Å²) in [5, 5.41) is 0. The summed E-state index contributed by atoms with van der Waals surface area (Å²) in [5.74, 6) is -0.136. The molecule has 2 fully saturated rings. The average Bonchev–Trinajstić information content (AvgIpc) is 2.30. The van der Waals surface area contributed by atoms with Crippen molar-refractivity contribution >= 4 is 5.97 Å². The molecule has 0 aromatic rings. The average molecular weight is 240 g/mol. The third-order valence-electron chi connectivity index (χ3n) is 4.01. The molecule has 0 spiro atoms. The summed E-state index contributed by atoms with van der Waals surface area (Å²) < 4.78 is 5.27. The first-order valence-corrected chi connectivity index (χ1v) is 6.75. The van der Waals surface area contributed by atoms with Gasteiger partial charge in [-0.05, 0) is 45.8 Å². The van der Waals surface area contributed by atoms with Crippen molar-refractivity contribution < 1.29 is 9.53 Å². The molecule has 0 bridgehead atoms. The Balaban J connectivity index is 1.73. The number of likely N-dealkylation sites (tertiary alicyclic amines) is 2. The van der Waals surface area contributed by atoms with Gasteiger partial charge in [0.15, 0.2) is 0 Å². The van der Waals surface area contributed by atoms with Gasteiger partial charge in [0.2, 0.25) is 0 Å². The monoisotopic (exact) mass is 240 g/mol. The Bertz CT molecular complexity index is 254. The highest BCUT2D eigenvalue weighted by atomic mass is 16.5. The van der Waals surface area contributed by atoms with Crippen molar-refractivity contribution in [2.45, 2.75) is 44.8 Å². The number of piperidine rings is 2. The molecular weight excluding hydrogens is 216 g/mol. The fourth-order valence-corrected chi connectivity index (χ4v) is 2.95. The predicted molar refractivity (Wildman–Crippen MR) is 66.9 cm³/mol. The molecule has 2 saturated heterocycles. The molecule has 0 unspecified atom stereocenters. The van der Waals surface area contributed by atoms with E-state index in [1.54, 1.807) is 0 Å². The fourth-order valence-electron chi connectivity index (χ4n) is 2.95. The summed E-state index contributed by atoms with van der Waals surface area (Å²) in [4.78, 5) is 15.9. The van der Waals surface area contributed by atoms with E-state index in [-0.39, 0.29) is 12.1 Å². The van der Waals surface area contributed by atoms with Crippen LogP contribution in [0.3, 0.4) is 0 Å². The number of carbonyl (C=O) groups excluding carboxylic acids is 1. The summed E-state index contributed by atoms with van der Waals surface area (Å²) >= 11 is 0. The molecule has 17 heavy (non-hydrogen) atoms. The zero-order valence-corrected chi connectivity index (χ0v) is 11.0. The standard InChI is InChI=1S/C13H24N2O2/c1-11(16)17-13-5-9-15(10-6-13)12-3-7-14(2)8-4-12/h12-13H,3-10H2,1-2H3. The molecule has 4 heteroatoms. The zero-order valence-electron chi connectivity index (χ0n) is 11.0. The lowest BCUT2D eigenvalue weighted by molar-refractivity contribution is -0.148. The number of esters is 1. The van der Waals surface area contributed by atoms with Crippen molar-refractivity contribution in [3.05, 3.63) is 0 Å². The van der Waals surface area contributed by atoms with E-state index in [9.17, 15) is 4.79 Å². The second-order valence-corrected chi connectivity index (χ2v) is 5.38. The maximum absolute atomic E-state index is 10.9. The van der Waals surface area contributed by atoms with E-state index < -0.39 is 0 Å². The molecule has 2 aliphatic rings. The lowest BCUT2D eigenvalue weighted by Gasteiger charge is -2.40. The summed E-state index contributed by atoms with van der Waals surface area (Å²) in [5.41, 5.74) is 0. The van der Waals surface area contributed by atoms with E-state index in [4.69, 9.17) is 4.74 Å². The Hall–Kier alpha value is -0.610. The van der Waals surface area contributed by atoms with Crippen LogP contribution in [-0.4, -0.2) is 61.1 Å². The molecule has 0 amide bonds. The highest BCUT2D eigenvalue weighted by Gasteiger charge is 2.28. The van der Waals surface area contributed by atoms with Gasteiger partial charge in [-0.2, -0.15) is 0 Å². The van der Waals surface area contributed by atoms with Gasteiger partial charge in [0.25, 0.3) is 0 Å². The Labute approximate surface area is 104 Å². The lowest BCUT2D eigenvalue weighted by Crippen LogP contribution is -2.48. The number of hydrogen-bond donors (Lipinski definition) is 0. The molecule has 0 N–H and O–H groups in total. The quantitative estimate of drug-likeness (QED) is 0.677. The van der Waals surface area contributed by atoms with Crippen LogP contribution in [0.5, 0.6) is 0 Å². The number of nitrogens with zero attached hydrogens (tertiary/aromatic N) is 2. The van der Waals surface area contributed by atoms with Crippen molar-refractivity contribution in [1.29, 1.82) is 0 Å². The largest absolute Gasteiger partial charge is 0.462 e. The number of rotatable bonds is 2. The minimum absolute atomic E-state index is 0.136. The smallest absolute Gasteiger partial charge is 0.302 e. The molecule has 98 valence electrons. The molecule has 0 aromatic carbocycles. The van der Waals surface area contributed by atoms with Crippen LogP contribution in [0.25, 0.3) is 0 Å². The van der Waals surface area contributed by atoms with Gasteiger partial charge < -0.3 is 14.5 Å². The third-order valence-corrected chi connectivity index (χ3v) is 4.01. The van der Waals surface area contributed by atoms with E-state index in [0.29, 0.717) is 0 Å². The van der Waals surface area contributed by atoms with Gasteiger partial charge in [0, 0.05) is 26.1 Å². The van der Waals surface area contributed by atoms with Gasteiger partial charge in [-0.3, -0.25) is 4.79 Å². The predicted octanol–water partition coefficient (Wildman–Crippen LogP) is 1.11. The van der Waals surface area contributed by atoms with Crippen LogP contribution in [0.1, 0.15) is 32.6 Å². The van der Waals surface area contributed by atoms with E-state index in [2.05, 4.69) is 16.8 Å². The second-order valence-electron chi connectivity index (χ2n) is 5.38. The van der Waals surface area contributed by atoms with E-state index in [1.807, 2.05) is 0 Å². The number of ether oxygens (including phenoxy) is 1. The molecule has 4 nitrogen and oxygen atoms in total. The number of carbonyl (C=O) groups is 1. The van der Waals surface area contributed by atoms with Crippen molar-refractivity contribution in [2.24, 2.45) is 0 Å². The second kappa shape index (κ2) is 5.83. The first-order chi connectivity index (χ1) is 8.15. The van der Waals surface area contributed by atoms with E-state index in [0.717, 1.165) is 32.0 Å². The highest BCUT2D eigenvalue weighted by molar-refractivity contribution is 5.66. The molecule has 0 saturated carbocycles. The van der Waals surface area contributed by atoms with Gasteiger partial charge in [0.1, 0.15) is 6.10 Å². The number of hydrogen-bond acceptors (Lipinski definition) is 4. The van der Waals surface area contributed by atoms with Crippen molar-refractivity contribution in [1.82, 2.24) is 9.80 Å². The Morgan fingerprint density at radius 3 is 2.18 bits per heavy atom. The summed E-state index contributed by atoms with van der Waals surface area (Å²) in [6.45, 7) is 6.12. The van der Waals surface area contributed by atoms with Crippen LogP contribution in [0.2, 0.25) is 0 Å². The Morgan fingerprint density at radius 1 is 1.06 bits per heavy atom. The maximum atomic E-state index is 10.9. The molecular formula is C13H24N2O2. The third kappa shape index (κ3) is 3.68. The van der Waals surface area contributed by atoms with Gasteiger partial charge in [-0.15, -0.1) is 0 Å². The molecule has 0 aromatic heterocycles. The van der Waals surface area contributed by atoms with Crippen LogP contribution in [-0.2, 0) is 9.53 Å². The van der Waals surface area contributed by atoms with Crippen LogP contribution >= 0.6 is 0 Å². The fraction of sp³-hybridized carbons (Fsp3) is 0.923. The van der Waals surface area contributed by atoms with Crippen LogP contribution in [0.4, 0.5) is 0 Å². The molecule has 2 rings (SSSR count). The Morgan fingerprint density at radius 2 is 1.65 bits per heavy atom. The maximum Gasteiger partial charge on any atom is 0.302 e. The lowest BCUT2D eigenvalue weighted by atomic mass is 9.99. The van der Waals surface area contributed by atoms with E-state index >= 15 is 0 Å². The van der Waals surface area contributed by atoms with Crippen molar-refractivity contribution in [2.75, 3.05) is 33.2 Å². The SMILES string of the molecule is CC(=O)OC1CCN(C2CCN(C)CC2)CC1. The van der Waals surface area contributed by atoms with Crippen LogP contribution in [0.15, 0.2) is 0 Å². The first-order valence-electron chi connectivity index (χ1n) is 6.75. The molecule has 0 aliphatic carbocycles. The van der Waals surface area contributed by atoms with Gasteiger partial charge in [0.05, 0.1) is 0 Å². The van der Waals surface area contributed by atoms with Crippen LogP contribution in [0, 0.1) is 0 Å². The van der Waals surface area contributed by atoms with E-state index in [1.165, 1.54) is 32.9 Å². The van der Waals surface area contributed by atoms with Crippen molar-refractivity contribution in [3.8, 4) is 0 Å². The van der Waals surface area contributed by atoms with Crippen LogP contribution < -0.4 is 0 Å². The summed E-state index contributed by atoms with van der Waals surface area (Å²) in [6, 6.07) is 0.754. The van der Waals surface area contributed by atoms with Crippen molar-refractivity contribution in [3.63, 3.8) is 0 Å². The summed E-state index contributed by atoms with van der Waals surface area (Å²) in [6.07, 6.45) is 4.75. The highest BCUT2D eigenvalue weighted by Crippen LogP contribution is 2.21. The first kappa shape index (κ1) is 12.8. The molecule has 2 heterocycles. The summed E-state index contributed by atoms with van der Waals surface area (Å²) in [7, 11) is 2.20. The molecule has 0 radical (unpaired) electrons. The topological polar surface area (TPSA) is 32.8 Å². The minimum Gasteiger partial charge on any atom is -0.462 e. The van der Waals surface area contributed by atoms with Gasteiger partial charge >= 0.3 is 5.97 Å².